The molecule has 0 radical (unpaired) electrons. The summed E-state index contributed by atoms with van der Waals surface area (Å²) in [6.07, 6.45) is 0. The molecule has 150 valence electrons. The van der Waals surface area contributed by atoms with Crippen LogP contribution in [0.25, 0.3) is 0 Å². The van der Waals surface area contributed by atoms with Gasteiger partial charge in [-0.3, -0.25) is 0 Å². The molecule has 0 saturated heterocycles. The molecule has 0 aliphatic heterocycles. The molecule has 28 heavy (non-hydrogen) atoms. The van der Waals surface area contributed by atoms with Gasteiger partial charge in [-0.25, -0.2) is 14.4 Å². The number of nitrogens with two attached hydrogens (primary N) is 1. The van der Waals surface area contributed by atoms with Crippen LogP contribution in [0.2, 0.25) is 0 Å². The molecule has 0 spiro atoms. The van der Waals surface area contributed by atoms with E-state index in [1.54, 1.807) is 0 Å². The number of benzene rings is 1. The lowest BCUT2D eigenvalue weighted by molar-refractivity contribution is 0.0449. The number of hydrogen-bond donors (Lipinski definition) is 1. The summed E-state index contributed by atoms with van der Waals surface area (Å²) in [5.41, 5.74) is 5.62. The van der Waals surface area contributed by atoms with Gasteiger partial charge in [0.05, 0.1) is 19.8 Å². The average molecular weight is 431 g/mol. The third-order valence-electron chi connectivity index (χ3n) is 3.47. The zero-order valence-corrected chi connectivity index (χ0v) is 16.3. The van der Waals surface area contributed by atoms with Crippen molar-refractivity contribution < 1.29 is 37.4 Å². The third kappa shape index (κ3) is 4.78. The summed E-state index contributed by atoms with van der Waals surface area (Å²) < 4.78 is 39.8. The maximum Gasteiger partial charge on any atom is 0.348 e. The fraction of sp³-hybridized carbons (Fsp3) is 0.235. The van der Waals surface area contributed by atoms with Crippen molar-refractivity contribution in [3.8, 4) is 0 Å². The first kappa shape index (κ1) is 21.6. The van der Waals surface area contributed by atoms with Gasteiger partial charge in [0.1, 0.15) is 22.0 Å². The molecule has 0 bridgehead atoms. The molecule has 2 aromatic rings. The zero-order chi connectivity index (χ0) is 20.8. The SMILES string of the molecule is COC(=O)c1sc(N)c(C(=O)OC)c1COC(=O)c1ccccc1SC(F)F. The minimum atomic E-state index is -2.72. The lowest BCUT2D eigenvalue weighted by Crippen LogP contribution is -2.13. The van der Waals surface area contributed by atoms with E-state index in [2.05, 4.69) is 9.47 Å². The third-order valence-corrected chi connectivity index (χ3v) is 5.29. The number of hydrogen-bond acceptors (Lipinski definition) is 9. The number of rotatable bonds is 7. The quantitative estimate of drug-likeness (QED) is 0.403. The monoisotopic (exact) mass is 431 g/mol. The predicted molar refractivity (Wildman–Crippen MR) is 98.8 cm³/mol. The highest BCUT2D eigenvalue weighted by Gasteiger charge is 2.28. The van der Waals surface area contributed by atoms with Crippen LogP contribution in [0.1, 0.15) is 36.0 Å². The molecule has 2 rings (SSSR count). The standard InChI is InChI=1S/C17H15F2NO6S2/c1-24-15(22)11-9(12(16(23)25-2)28-13(11)20)7-26-14(21)8-5-3-4-6-10(8)27-17(18)19/h3-6,17H,7,20H2,1-2H3. The first-order chi connectivity index (χ1) is 13.3. The van der Waals surface area contributed by atoms with Crippen LogP contribution in [0.4, 0.5) is 13.8 Å². The highest BCUT2D eigenvalue weighted by molar-refractivity contribution is 7.99. The second kappa shape index (κ2) is 9.51. The Labute approximate surface area is 166 Å². The molecular formula is C17H15F2NO6S2. The number of thioether (sulfide) groups is 1. The van der Waals surface area contributed by atoms with E-state index in [4.69, 9.17) is 10.5 Å². The van der Waals surface area contributed by atoms with Gasteiger partial charge >= 0.3 is 17.9 Å². The van der Waals surface area contributed by atoms with Gasteiger partial charge in [-0.15, -0.1) is 11.3 Å². The van der Waals surface area contributed by atoms with Gasteiger partial charge in [-0.05, 0) is 12.1 Å². The Bertz CT molecular complexity index is 900. The summed E-state index contributed by atoms with van der Waals surface area (Å²) in [4.78, 5) is 36.3. The number of ether oxygens (including phenoxy) is 3. The molecule has 11 heteroatoms. The summed E-state index contributed by atoms with van der Waals surface area (Å²) in [5.74, 6) is -5.21. The Balaban J connectivity index is 2.33. The van der Waals surface area contributed by atoms with Crippen LogP contribution in [0, 0.1) is 0 Å². The second-order valence-electron chi connectivity index (χ2n) is 5.08. The fourth-order valence-electron chi connectivity index (χ4n) is 2.26. The molecule has 1 aromatic heterocycles. The topological polar surface area (TPSA) is 105 Å². The van der Waals surface area contributed by atoms with Crippen LogP contribution < -0.4 is 5.73 Å². The van der Waals surface area contributed by atoms with E-state index in [9.17, 15) is 23.2 Å². The molecule has 0 aliphatic carbocycles. The Morgan fingerprint density at radius 1 is 1.11 bits per heavy atom. The van der Waals surface area contributed by atoms with Gasteiger partial charge < -0.3 is 19.9 Å². The van der Waals surface area contributed by atoms with E-state index in [1.807, 2.05) is 0 Å². The van der Waals surface area contributed by atoms with E-state index in [0.29, 0.717) is 0 Å². The number of thiophene rings is 1. The smallest absolute Gasteiger partial charge is 0.348 e. The van der Waals surface area contributed by atoms with Gasteiger partial charge in [-0.2, -0.15) is 8.78 Å². The minimum Gasteiger partial charge on any atom is -0.465 e. The largest absolute Gasteiger partial charge is 0.465 e. The molecule has 0 atom stereocenters. The fourth-order valence-corrected chi connectivity index (χ4v) is 3.86. The van der Waals surface area contributed by atoms with Crippen molar-refractivity contribution in [2.24, 2.45) is 0 Å². The number of carbonyl (C=O) groups excluding carboxylic acids is 3. The van der Waals surface area contributed by atoms with Crippen LogP contribution in [-0.2, 0) is 20.8 Å². The number of carbonyl (C=O) groups is 3. The van der Waals surface area contributed by atoms with Crippen LogP contribution in [0.15, 0.2) is 29.2 Å². The highest BCUT2D eigenvalue weighted by atomic mass is 32.2. The summed E-state index contributed by atoms with van der Waals surface area (Å²) in [6.45, 7) is -0.505. The summed E-state index contributed by atoms with van der Waals surface area (Å²) >= 11 is 0.986. The number of alkyl halides is 2. The Kier molecular flexibility index (Phi) is 7.35. The molecule has 2 N–H and O–H groups in total. The molecule has 0 aliphatic rings. The number of nitrogen functional groups attached to an aromatic ring is 1. The van der Waals surface area contributed by atoms with Crippen molar-refractivity contribution in [3.63, 3.8) is 0 Å². The molecule has 0 saturated carbocycles. The Morgan fingerprint density at radius 3 is 2.36 bits per heavy atom. The maximum absolute atomic E-state index is 12.7. The van der Waals surface area contributed by atoms with Crippen molar-refractivity contribution in [2.75, 3.05) is 20.0 Å². The normalized spacial score (nSPS) is 10.6. The van der Waals surface area contributed by atoms with Crippen LogP contribution in [0.3, 0.4) is 0 Å². The lowest BCUT2D eigenvalue weighted by atomic mass is 10.1. The van der Waals surface area contributed by atoms with E-state index in [1.165, 1.54) is 24.3 Å². The molecule has 0 fully saturated rings. The zero-order valence-electron chi connectivity index (χ0n) is 14.7. The number of methoxy groups -OCH3 is 2. The van der Waals surface area contributed by atoms with Crippen molar-refractivity contribution in [1.29, 1.82) is 0 Å². The minimum absolute atomic E-state index is 0.00745. The van der Waals surface area contributed by atoms with Gasteiger partial charge in [0.2, 0.25) is 0 Å². The molecule has 1 aromatic carbocycles. The van der Waals surface area contributed by atoms with E-state index in [0.717, 1.165) is 25.6 Å². The van der Waals surface area contributed by atoms with Crippen molar-refractivity contribution in [2.45, 2.75) is 17.3 Å². The van der Waals surface area contributed by atoms with Crippen LogP contribution in [0.5, 0.6) is 0 Å². The summed E-state index contributed by atoms with van der Waals surface area (Å²) in [6, 6.07) is 5.69. The van der Waals surface area contributed by atoms with Gasteiger partial charge in [0, 0.05) is 10.5 Å². The van der Waals surface area contributed by atoms with Crippen molar-refractivity contribution in [1.82, 2.24) is 0 Å². The van der Waals surface area contributed by atoms with Crippen molar-refractivity contribution >= 4 is 46.0 Å². The second-order valence-corrected chi connectivity index (χ2v) is 7.17. The average Bonchev–Trinajstić information content (AvgIpc) is 3.01. The lowest BCUT2D eigenvalue weighted by Gasteiger charge is -2.10. The highest BCUT2D eigenvalue weighted by Crippen LogP contribution is 2.34. The van der Waals surface area contributed by atoms with Crippen molar-refractivity contribution in [3.05, 3.63) is 45.8 Å². The van der Waals surface area contributed by atoms with E-state index < -0.39 is 30.3 Å². The first-order valence-corrected chi connectivity index (χ1v) is 9.28. The maximum atomic E-state index is 12.7. The Morgan fingerprint density at radius 2 is 1.75 bits per heavy atom. The molecule has 1 heterocycles. The molecule has 0 amide bonds. The number of halogens is 2. The predicted octanol–water partition coefficient (Wildman–Crippen LogP) is 3.58. The Hall–Kier alpha value is -2.66. The van der Waals surface area contributed by atoms with Gasteiger partial charge in [0.15, 0.2) is 0 Å². The molecule has 0 unspecified atom stereocenters. The summed E-state index contributed by atoms with van der Waals surface area (Å²) in [7, 11) is 2.27. The van der Waals surface area contributed by atoms with Gasteiger partial charge in [-0.1, -0.05) is 23.9 Å². The van der Waals surface area contributed by atoms with Gasteiger partial charge in [0.25, 0.3) is 5.76 Å². The summed E-state index contributed by atoms with van der Waals surface area (Å²) in [5, 5.41) is -0.00745. The number of anilines is 1. The van der Waals surface area contributed by atoms with E-state index >= 15 is 0 Å². The first-order valence-electron chi connectivity index (χ1n) is 7.58. The number of esters is 3. The van der Waals surface area contributed by atoms with Crippen LogP contribution >= 0.6 is 23.1 Å². The van der Waals surface area contributed by atoms with Crippen LogP contribution in [-0.4, -0.2) is 37.9 Å². The van der Waals surface area contributed by atoms with E-state index in [-0.39, 0.29) is 43.2 Å². The molecular weight excluding hydrogens is 416 g/mol. The molecule has 7 nitrogen and oxygen atoms in total.